The summed E-state index contributed by atoms with van der Waals surface area (Å²) >= 11 is 0. The number of methoxy groups -OCH3 is 1. The average Bonchev–Trinajstić information content (AvgIpc) is 2.60. The van der Waals surface area contributed by atoms with Gasteiger partial charge in [-0.05, 0) is 43.6 Å². The van der Waals surface area contributed by atoms with E-state index in [9.17, 15) is 0 Å². The average molecular weight is 321 g/mol. The molecule has 1 aromatic carbocycles. The van der Waals surface area contributed by atoms with E-state index in [-0.39, 0.29) is 0 Å². The van der Waals surface area contributed by atoms with Gasteiger partial charge in [-0.25, -0.2) is 0 Å². The summed E-state index contributed by atoms with van der Waals surface area (Å²) in [6, 6.07) is 6.28. The molecule has 5 heteroatoms. The zero-order valence-corrected chi connectivity index (χ0v) is 14.6. The summed E-state index contributed by atoms with van der Waals surface area (Å²) in [6.07, 6.45) is 2.09. The fourth-order valence-corrected chi connectivity index (χ4v) is 2.89. The van der Waals surface area contributed by atoms with Gasteiger partial charge in [-0.15, -0.1) is 0 Å². The monoisotopic (exact) mass is 321 g/mol. The third kappa shape index (κ3) is 5.68. The molecule has 0 aliphatic carbocycles. The summed E-state index contributed by atoms with van der Waals surface area (Å²) in [4.78, 5) is 5.01. The Labute approximate surface area is 140 Å². The molecule has 0 amide bonds. The fraction of sp³-hybridized carbons (Fsp3) is 0.667. The Hall–Kier alpha value is -1.30. The minimum Gasteiger partial charge on any atom is -0.493 e. The van der Waals surface area contributed by atoms with Crippen LogP contribution in [0.2, 0.25) is 0 Å². The molecule has 0 saturated carbocycles. The van der Waals surface area contributed by atoms with Crippen LogP contribution in [0.1, 0.15) is 25.3 Å². The van der Waals surface area contributed by atoms with E-state index >= 15 is 0 Å². The zero-order valence-electron chi connectivity index (χ0n) is 14.6. The molecule has 1 aliphatic rings. The maximum atomic E-state index is 5.72. The van der Waals surface area contributed by atoms with Crippen molar-refractivity contribution in [2.45, 2.75) is 26.3 Å². The van der Waals surface area contributed by atoms with Crippen molar-refractivity contribution in [2.75, 3.05) is 53.0 Å². The van der Waals surface area contributed by atoms with Gasteiger partial charge in [-0.3, -0.25) is 4.90 Å². The second-order valence-corrected chi connectivity index (χ2v) is 6.09. The van der Waals surface area contributed by atoms with Crippen LogP contribution in [0.5, 0.6) is 11.5 Å². The van der Waals surface area contributed by atoms with E-state index in [1.165, 1.54) is 5.56 Å². The summed E-state index contributed by atoms with van der Waals surface area (Å²) < 4.78 is 11.2. The van der Waals surface area contributed by atoms with Crippen LogP contribution >= 0.6 is 0 Å². The van der Waals surface area contributed by atoms with Crippen LogP contribution < -0.4 is 15.2 Å². The molecular weight excluding hydrogens is 290 g/mol. The highest BCUT2D eigenvalue weighted by Gasteiger charge is 2.17. The SMILES string of the molecule is CCCOc1ccc(CN2CCN(CCCN)CC2)cc1OC. The lowest BCUT2D eigenvalue weighted by molar-refractivity contribution is 0.126. The zero-order chi connectivity index (χ0) is 16.5. The third-order valence-corrected chi connectivity index (χ3v) is 4.24. The van der Waals surface area contributed by atoms with Crippen molar-refractivity contribution in [1.29, 1.82) is 0 Å². The lowest BCUT2D eigenvalue weighted by atomic mass is 10.1. The van der Waals surface area contributed by atoms with E-state index in [4.69, 9.17) is 15.2 Å². The van der Waals surface area contributed by atoms with Crippen molar-refractivity contribution in [3.05, 3.63) is 23.8 Å². The smallest absolute Gasteiger partial charge is 0.161 e. The molecule has 0 radical (unpaired) electrons. The number of hydrogen-bond acceptors (Lipinski definition) is 5. The molecule has 0 atom stereocenters. The highest BCUT2D eigenvalue weighted by Crippen LogP contribution is 2.28. The molecule has 1 heterocycles. The minimum atomic E-state index is 0.723. The predicted molar refractivity (Wildman–Crippen MR) is 94.2 cm³/mol. The van der Waals surface area contributed by atoms with Crippen LogP contribution in [0, 0.1) is 0 Å². The van der Waals surface area contributed by atoms with E-state index in [2.05, 4.69) is 28.9 Å². The second kappa shape index (κ2) is 9.75. The molecule has 2 N–H and O–H groups in total. The molecule has 5 nitrogen and oxygen atoms in total. The predicted octanol–water partition coefficient (Wildman–Crippen LogP) is 1.95. The summed E-state index contributed by atoms with van der Waals surface area (Å²) in [5.41, 5.74) is 6.86. The molecule has 1 fully saturated rings. The van der Waals surface area contributed by atoms with E-state index in [1.807, 2.05) is 6.07 Å². The maximum absolute atomic E-state index is 5.72. The molecule has 0 unspecified atom stereocenters. The fourth-order valence-electron chi connectivity index (χ4n) is 2.89. The van der Waals surface area contributed by atoms with E-state index in [1.54, 1.807) is 7.11 Å². The standard InChI is InChI=1S/C18H31N3O2/c1-3-13-23-17-6-5-16(14-18(17)22-2)15-21-11-9-20(10-12-21)8-4-7-19/h5-6,14H,3-4,7-13,15,19H2,1-2H3. The molecule has 1 aliphatic heterocycles. The quantitative estimate of drug-likeness (QED) is 0.753. The molecule has 1 saturated heterocycles. The van der Waals surface area contributed by atoms with E-state index < -0.39 is 0 Å². The Bertz CT molecular complexity index is 460. The molecule has 0 spiro atoms. The van der Waals surface area contributed by atoms with Crippen LogP contribution in [-0.4, -0.2) is 62.8 Å². The van der Waals surface area contributed by atoms with Gasteiger partial charge < -0.3 is 20.1 Å². The first kappa shape index (κ1) is 18.0. The lowest BCUT2D eigenvalue weighted by Crippen LogP contribution is -2.46. The highest BCUT2D eigenvalue weighted by atomic mass is 16.5. The Morgan fingerprint density at radius 2 is 1.83 bits per heavy atom. The minimum absolute atomic E-state index is 0.723. The van der Waals surface area contributed by atoms with Crippen LogP contribution in [0.25, 0.3) is 0 Å². The van der Waals surface area contributed by atoms with Gasteiger partial charge in [0, 0.05) is 32.7 Å². The van der Waals surface area contributed by atoms with Gasteiger partial charge in [0.2, 0.25) is 0 Å². The number of hydrogen-bond donors (Lipinski definition) is 1. The lowest BCUT2D eigenvalue weighted by Gasteiger charge is -2.34. The number of nitrogens with zero attached hydrogens (tertiary/aromatic N) is 2. The van der Waals surface area contributed by atoms with Gasteiger partial charge in [0.1, 0.15) is 0 Å². The molecule has 0 bridgehead atoms. The van der Waals surface area contributed by atoms with Gasteiger partial charge in [0.25, 0.3) is 0 Å². The first-order chi connectivity index (χ1) is 11.3. The first-order valence-electron chi connectivity index (χ1n) is 8.71. The molecule has 130 valence electrons. The van der Waals surface area contributed by atoms with Crippen molar-refractivity contribution in [2.24, 2.45) is 5.73 Å². The Morgan fingerprint density at radius 3 is 2.48 bits per heavy atom. The Kier molecular flexibility index (Phi) is 7.65. The Morgan fingerprint density at radius 1 is 1.09 bits per heavy atom. The van der Waals surface area contributed by atoms with Gasteiger partial charge >= 0.3 is 0 Å². The molecule has 2 rings (SSSR count). The largest absolute Gasteiger partial charge is 0.493 e. The van der Waals surface area contributed by atoms with E-state index in [0.29, 0.717) is 0 Å². The normalized spacial score (nSPS) is 16.5. The maximum Gasteiger partial charge on any atom is 0.161 e. The number of piperazine rings is 1. The third-order valence-electron chi connectivity index (χ3n) is 4.24. The first-order valence-corrected chi connectivity index (χ1v) is 8.71. The van der Waals surface area contributed by atoms with Crippen molar-refractivity contribution >= 4 is 0 Å². The number of ether oxygens (including phenoxy) is 2. The number of nitrogens with two attached hydrogens (primary N) is 1. The van der Waals surface area contributed by atoms with Gasteiger partial charge in [0.05, 0.1) is 13.7 Å². The van der Waals surface area contributed by atoms with E-state index in [0.717, 1.165) is 76.8 Å². The summed E-state index contributed by atoms with van der Waals surface area (Å²) in [6.45, 7) is 10.2. The van der Waals surface area contributed by atoms with Gasteiger partial charge in [-0.1, -0.05) is 13.0 Å². The number of rotatable bonds is 9. The van der Waals surface area contributed by atoms with Crippen molar-refractivity contribution in [3.63, 3.8) is 0 Å². The molecule has 23 heavy (non-hydrogen) atoms. The van der Waals surface area contributed by atoms with Crippen molar-refractivity contribution < 1.29 is 9.47 Å². The van der Waals surface area contributed by atoms with Crippen molar-refractivity contribution in [3.8, 4) is 11.5 Å². The Balaban J connectivity index is 1.86. The van der Waals surface area contributed by atoms with Crippen LogP contribution in [0.3, 0.4) is 0 Å². The summed E-state index contributed by atoms with van der Waals surface area (Å²) in [5, 5.41) is 0. The number of benzene rings is 1. The summed E-state index contributed by atoms with van der Waals surface area (Å²) in [7, 11) is 1.70. The van der Waals surface area contributed by atoms with Crippen LogP contribution in [0.4, 0.5) is 0 Å². The van der Waals surface area contributed by atoms with Gasteiger partial charge in [0.15, 0.2) is 11.5 Å². The molecule has 0 aromatic heterocycles. The molecular formula is C18H31N3O2. The topological polar surface area (TPSA) is 51.0 Å². The van der Waals surface area contributed by atoms with Crippen LogP contribution in [0.15, 0.2) is 18.2 Å². The molecule has 1 aromatic rings. The summed E-state index contributed by atoms with van der Waals surface area (Å²) in [5.74, 6) is 1.67. The highest BCUT2D eigenvalue weighted by molar-refractivity contribution is 5.43. The van der Waals surface area contributed by atoms with Crippen LogP contribution in [-0.2, 0) is 6.54 Å². The second-order valence-electron chi connectivity index (χ2n) is 6.09. The van der Waals surface area contributed by atoms with Crippen molar-refractivity contribution in [1.82, 2.24) is 9.80 Å². The van der Waals surface area contributed by atoms with Gasteiger partial charge in [-0.2, -0.15) is 0 Å².